The molecule has 0 heterocycles. The lowest BCUT2D eigenvalue weighted by molar-refractivity contribution is -0.150. The van der Waals surface area contributed by atoms with Crippen LogP contribution in [0.2, 0.25) is 18.1 Å². The van der Waals surface area contributed by atoms with Crippen molar-refractivity contribution < 1.29 is 27.6 Å². The Morgan fingerprint density at radius 2 is 1.45 bits per heavy atom. The van der Waals surface area contributed by atoms with Gasteiger partial charge in [0.1, 0.15) is 0 Å². The highest BCUT2D eigenvalue weighted by Gasteiger charge is 2.43. The van der Waals surface area contributed by atoms with E-state index in [2.05, 4.69) is 57.6 Å². The molecule has 0 saturated heterocycles. The smallest absolute Gasteiger partial charge is 0.310 e. The molecule has 0 amide bonds. The van der Waals surface area contributed by atoms with E-state index in [9.17, 15) is 9.00 Å². The average molecular weight is 690 g/mol. The molecule has 0 spiro atoms. The zero-order valence-corrected chi connectivity index (χ0v) is 32.8. The number of methoxy groups -OCH3 is 1. The number of rotatable bonds is 20. The van der Waals surface area contributed by atoms with Gasteiger partial charge in [0, 0.05) is 6.04 Å². The normalized spacial score (nSPS) is 16.6. The van der Waals surface area contributed by atoms with Gasteiger partial charge in [-0.2, -0.15) is 0 Å². The summed E-state index contributed by atoms with van der Waals surface area (Å²) in [6, 6.07) is 19.6. The second-order valence-corrected chi connectivity index (χ2v) is 22.0. The summed E-state index contributed by atoms with van der Waals surface area (Å²) in [6.45, 7) is 22.4. The Kier molecular flexibility index (Phi) is 17.0. The summed E-state index contributed by atoms with van der Waals surface area (Å²) in [6.07, 6.45) is 2.70. The van der Waals surface area contributed by atoms with E-state index in [1.165, 1.54) is 7.11 Å². The molecule has 2 aromatic carbocycles. The molecule has 1 unspecified atom stereocenters. The molecule has 0 fully saturated rings. The summed E-state index contributed by atoms with van der Waals surface area (Å²) in [5.41, 5.74) is 2.13. The highest BCUT2D eigenvalue weighted by Crippen LogP contribution is 2.39. The van der Waals surface area contributed by atoms with E-state index in [0.717, 1.165) is 30.4 Å². The fourth-order valence-corrected chi connectivity index (χ4v) is 7.44. The SMILES string of the molecule is CCCC[C@H](O[Si](C)(C)C(C)(C)C)[C@H](C[C@H](NS(=O)C(C)(C)C)[C@H](C(=O)OC)[C@H](C)COCc1ccccc1)OCc1ccccc1. The predicted molar refractivity (Wildman–Crippen MR) is 197 cm³/mol. The number of carbonyl (C=O) groups is 1. The van der Waals surface area contributed by atoms with Crippen LogP contribution in [-0.2, 0) is 47.6 Å². The molecular weight excluding hydrogens is 627 g/mol. The third-order valence-electron chi connectivity index (χ3n) is 9.13. The Morgan fingerprint density at radius 3 is 1.94 bits per heavy atom. The van der Waals surface area contributed by atoms with Gasteiger partial charge in [-0.3, -0.25) is 4.79 Å². The highest BCUT2D eigenvalue weighted by molar-refractivity contribution is 7.84. The number of nitrogens with one attached hydrogen (secondary N) is 1. The first-order valence-corrected chi connectivity index (χ1v) is 21.3. The zero-order valence-electron chi connectivity index (χ0n) is 31.0. The van der Waals surface area contributed by atoms with Gasteiger partial charge in [0.05, 0.1) is 60.8 Å². The lowest BCUT2D eigenvalue weighted by Crippen LogP contribution is -2.53. The van der Waals surface area contributed by atoms with Crippen LogP contribution in [0.25, 0.3) is 0 Å². The van der Waals surface area contributed by atoms with E-state index < -0.39 is 36.0 Å². The molecule has 2 aromatic rings. The lowest BCUT2D eigenvalue weighted by Gasteiger charge is -2.43. The van der Waals surface area contributed by atoms with E-state index in [-0.39, 0.29) is 29.1 Å². The molecule has 9 heteroatoms. The zero-order chi connectivity index (χ0) is 35.3. The van der Waals surface area contributed by atoms with Gasteiger partial charge in [-0.25, -0.2) is 8.93 Å². The van der Waals surface area contributed by atoms with Gasteiger partial charge in [-0.15, -0.1) is 0 Å². The van der Waals surface area contributed by atoms with Crippen LogP contribution in [0.15, 0.2) is 60.7 Å². The number of carbonyl (C=O) groups excluding carboxylic acids is 1. The van der Waals surface area contributed by atoms with Crippen molar-refractivity contribution in [3.05, 3.63) is 71.8 Å². The minimum absolute atomic E-state index is 0.00594. The van der Waals surface area contributed by atoms with Crippen LogP contribution in [0.3, 0.4) is 0 Å². The van der Waals surface area contributed by atoms with Crippen molar-refractivity contribution in [1.82, 2.24) is 4.72 Å². The fraction of sp³-hybridized carbons (Fsp3) is 0.658. The summed E-state index contributed by atoms with van der Waals surface area (Å²) in [4.78, 5) is 13.6. The first kappa shape index (κ1) is 41.3. The van der Waals surface area contributed by atoms with Crippen molar-refractivity contribution in [2.45, 2.75) is 135 Å². The number of unbranched alkanes of at least 4 members (excludes halogenated alkanes) is 1. The molecule has 0 aliphatic rings. The van der Waals surface area contributed by atoms with Crippen LogP contribution >= 0.6 is 0 Å². The molecule has 0 aliphatic carbocycles. The fourth-order valence-electron chi connectivity index (χ4n) is 5.19. The number of hydrogen-bond donors (Lipinski definition) is 1. The standard InChI is InChI=1S/C38H63NO6SSi/c1-12-13-24-33(45-47(10,11)38(6,7)8)34(44-28-31-22-18-15-19-23-31)25-32(39-46(41)37(3,4)5)35(36(40)42-9)29(2)26-43-27-30-20-16-14-17-21-30/h14-23,29,32-35,39H,12-13,24-28H2,1-11H3/t29-,32+,33+,34+,35-,46?/m1/s1. The number of hydrogen-bond acceptors (Lipinski definition) is 6. The van der Waals surface area contributed by atoms with Gasteiger partial charge in [0.25, 0.3) is 0 Å². The highest BCUT2D eigenvalue weighted by atomic mass is 32.2. The van der Waals surface area contributed by atoms with Gasteiger partial charge < -0.3 is 18.6 Å². The molecule has 6 atom stereocenters. The molecule has 266 valence electrons. The third-order valence-corrected chi connectivity index (χ3v) is 15.3. The van der Waals surface area contributed by atoms with Crippen LogP contribution in [0, 0.1) is 11.8 Å². The molecule has 7 nitrogen and oxygen atoms in total. The minimum Gasteiger partial charge on any atom is -0.469 e. The maximum Gasteiger partial charge on any atom is 0.310 e. The molecule has 1 N–H and O–H groups in total. The molecule has 0 radical (unpaired) electrons. The maximum atomic E-state index is 13.7. The Balaban J connectivity index is 2.53. The third kappa shape index (κ3) is 13.9. The molecule has 0 aromatic heterocycles. The average Bonchev–Trinajstić information content (AvgIpc) is 3.01. The molecular formula is C38H63NO6SSi. The first-order chi connectivity index (χ1) is 22.0. The monoisotopic (exact) mass is 689 g/mol. The van der Waals surface area contributed by atoms with E-state index in [1.807, 2.05) is 76.2 Å². The van der Waals surface area contributed by atoms with Crippen molar-refractivity contribution >= 4 is 25.3 Å². The Bertz CT molecular complexity index is 1200. The van der Waals surface area contributed by atoms with Crippen LogP contribution in [0.1, 0.15) is 92.2 Å². The molecule has 0 saturated carbocycles. The maximum absolute atomic E-state index is 13.7. The van der Waals surface area contributed by atoms with Crippen LogP contribution in [0.4, 0.5) is 0 Å². The van der Waals surface area contributed by atoms with Crippen LogP contribution in [-0.4, -0.2) is 55.2 Å². The van der Waals surface area contributed by atoms with Crippen LogP contribution < -0.4 is 4.72 Å². The van der Waals surface area contributed by atoms with E-state index >= 15 is 0 Å². The van der Waals surface area contributed by atoms with Crippen molar-refractivity contribution in [1.29, 1.82) is 0 Å². The van der Waals surface area contributed by atoms with Gasteiger partial charge in [0.15, 0.2) is 8.32 Å². The van der Waals surface area contributed by atoms with Crippen molar-refractivity contribution in [2.24, 2.45) is 11.8 Å². The quantitative estimate of drug-likeness (QED) is 0.111. The molecule has 2 rings (SSSR count). The number of ether oxygens (including phenoxy) is 3. The Morgan fingerprint density at radius 1 is 0.894 bits per heavy atom. The molecule has 47 heavy (non-hydrogen) atoms. The van der Waals surface area contributed by atoms with Gasteiger partial charge in [-0.1, -0.05) is 108 Å². The lowest BCUT2D eigenvalue weighted by atomic mass is 9.84. The summed E-state index contributed by atoms with van der Waals surface area (Å²) in [5.74, 6) is -1.23. The molecule has 0 bridgehead atoms. The summed E-state index contributed by atoms with van der Waals surface area (Å²) < 4.78 is 42.0. The van der Waals surface area contributed by atoms with Gasteiger partial charge >= 0.3 is 5.97 Å². The summed E-state index contributed by atoms with van der Waals surface area (Å²) >= 11 is 0. The van der Waals surface area contributed by atoms with Gasteiger partial charge in [0.2, 0.25) is 0 Å². The van der Waals surface area contributed by atoms with Crippen LogP contribution in [0.5, 0.6) is 0 Å². The Hall–Kier alpha value is -1.88. The Labute approximate surface area is 289 Å². The number of benzene rings is 2. The summed E-state index contributed by atoms with van der Waals surface area (Å²) in [5, 5.41) is 0.00594. The van der Waals surface area contributed by atoms with E-state index in [4.69, 9.17) is 18.6 Å². The second-order valence-electron chi connectivity index (χ2n) is 15.3. The number of esters is 1. The largest absolute Gasteiger partial charge is 0.469 e. The second kappa shape index (κ2) is 19.3. The van der Waals surface area contributed by atoms with E-state index in [0.29, 0.717) is 26.2 Å². The van der Waals surface area contributed by atoms with Crippen molar-refractivity contribution in [2.75, 3.05) is 13.7 Å². The first-order valence-electron chi connectivity index (χ1n) is 17.2. The topological polar surface area (TPSA) is 83.1 Å². The van der Waals surface area contributed by atoms with Crippen molar-refractivity contribution in [3.8, 4) is 0 Å². The molecule has 0 aliphatic heterocycles. The van der Waals surface area contributed by atoms with Gasteiger partial charge in [-0.05, 0) is 68.8 Å². The van der Waals surface area contributed by atoms with Crippen molar-refractivity contribution in [3.63, 3.8) is 0 Å². The van der Waals surface area contributed by atoms with E-state index in [1.54, 1.807) is 0 Å². The predicted octanol–water partition coefficient (Wildman–Crippen LogP) is 8.61. The minimum atomic E-state index is -2.20. The summed E-state index contributed by atoms with van der Waals surface area (Å²) in [7, 11) is -2.24.